The fourth-order valence-corrected chi connectivity index (χ4v) is 4.22. The number of amides is 1. The third kappa shape index (κ3) is 5.36. The van der Waals surface area contributed by atoms with E-state index in [0.717, 1.165) is 11.1 Å². The number of aliphatic hydroxyl groups excluding tert-OH is 1. The lowest BCUT2D eigenvalue weighted by atomic mass is 9.95. The van der Waals surface area contributed by atoms with E-state index in [0.29, 0.717) is 23.5 Å². The number of hydrogen-bond acceptors (Lipinski definition) is 7. The van der Waals surface area contributed by atoms with Crippen LogP contribution in [0.15, 0.2) is 78.4 Å². The number of ether oxygens (including phenoxy) is 2. The van der Waals surface area contributed by atoms with Crippen molar-refractivity contribution in [3.8, 4) is 5.75 Å². The molecule has 0 aliphatic carbocycles. The molecule has 9 nitrogen and oxygen atoms in total. The number of ketones is 1. The van der Waals surface area contributed by atoms with Crippen LogP contribution in [-0.2, 0) is 20.9 Å². The van der Waals surface area contributed by atoms with Crippen LogP contribution in [0.3, 0.4) is 0 Å². The molecule has 1 atom stereocenters. The Bertz CT molecular complexity index is 1350. The van der Waals surface area contributed by atoms with Crippen LogP contribution >= 0.6 is 0 Å². The summed E-state index contributed by atoms with van der Waals surface area (Å²) >= 11 is 0. The van der Waals surface area contributed by atoms with Crippen LogP contribution in [0.1, 0.15) is 28.3 Å². The average Bonchev–Trinajstić information content (AvgIpc) is 3.16. The van der Waals surface area contributed by atoms with Crippen LogP contribution in [0.5, 0.6) is 5.75 Å². The Balaban J connectivity index is 1.66. The molecular formula is C28H26N2O7. The quantitative estimate of drug-likeness (QED) is 0.150. The van der Waals surface area contributed by atoms with Crippen molar-refractivity contribution in [2.75, 3.05) is 20.3 Å². The van der Waals surface area contributed by atoms with Gasteiger partial charge in [0, 0.05) is 31.4 Å². The number of hydrogen-bond donors (Lipinski definition) is 1. The third-order valence-corrected chi connectivity index (χ3v) is 6.28. The number of likely N-dealkylation sites (tertiary alicyclic amines) is 1. The maximum absolute atomic E-state index is 13.0. The lowest BCUT2D eigenvalue weighted by Gasteiger charge is -2.25. The maximum Gasteiger partial charge on any atom is 0.295 e. The molecule has 1 aliphatic rings. The average molecular weight is 503 g/mol. The highest BCUT2D eigenvalue weighted by molar-refractivity contribution is 6.46. The van der Waals surface area contributed by atoms with Crippen molar-refractivity contribution in [3.05, 3.63) is 111 Å². The Hall–Kier alpha value is -4.50. The van der Waals surface area contributed by atoms with E-state index in [1.807, 2.05) is 31.2 Å². The summed E-state index contributed by atoms with van der Waals surface area (Å²) < 4.78 is 10.9. The Morgan fingerprint density at radius 2 is 1.70 bits per heavy atom. The number of aliphatic hydroxyl groups is 1. The second-order valence-electron chi connectivity index (χ2n) is 8.57. The van der Waals surface area contributed by atoms with Crippen LogP contribution in [0.4, 0.5) is 5.69 Å². The molecule has 1 amide bonds. The maximum atomic E-state index is 13.0. The van der Waals surface area contributed by atoms with Crippen molar-refractivity contribution in [2.45, 2.75) is 19.6 Å². The molecule has 37 heavy (non-hydrogen) atoms. The minimum atomic E-state index is -0.923. The van der Waals surface area contributed by atoms with E-state index in [9.17, 15) is 24.8 Å². The summed E-state index contributed by atoms with van der Waals surface area (Å²) in [6, 6.07) is 19.1. The summed E-state index contributed by atoms with van der Waals surface area (Å²) in [5.74, 6) is -1.38. The van der Waals surface area contributed by atoms with Crippen LogP contribution in [0, 0.1) is 17.0 Å². The molecular weight excluding hydrogens is 476 g/mol. The summed E-state index contributed by atoms with van der Waals surface area (Å²) in [7, 11) is 1.47. The number of nitro benzene ring substituents is 1. The minimum absolute atomic E-state index is 0.0939. The van der Waals surface area contributed by atoms with Crippen molar-refractivity contribution in [3.63, 3.8) is 0 Å². The van der Waals surface area contributed by atoms with Gasteiger partial charge in [-0.25, -0.2) is 0 Å². The zero-order valence-electron chi connectivity index (χ0n) is 20.4. The zero-order valence-corrected chi connectivity index (χ0v) is 20.4. The van der Waals surface area contributed by atoms with Gasteiger partial charge in [-0.2, -0.15) is 0 Å². The molecule has 4 rings (SSSR count). The lowest BCUT2D eigenvalue weighted by molar-refractivity contribution is -0.384. The number of nitrogens with zero attached hydrogens (tertiary/aromatic N) is 2. The molecule has 1 saturated heterocycles. The number of nitro groups is 1. The first kappa shape index (κ1) is 25.6. The topological polar surface area (TPSA) is 119 Å². The van der Waals surface area contributed by atoms with Gasteiger partial charge in [0.1, 0.15) is 18.1 Å². The van der Waals surface area contributed by atoms with E-state index in [1.165, 1.54) is 36.3 Å². The molecule has 3 aromatic rings. The molecule has 0 spiro atoms. The molecule has 0 radical (unpaired) electrons. The van der Waals surface area contributed by atoms with Gasteiger partial charge in [-0.3, -0.25) is 19.7 Å². The second kappa shape index (κ2) is 11.0. The van der Waals surface area contributed by atoms with Crippen LogP contribution < -0.4 is 4.74 Å². The number of benzene rings is 3. The molecule has 3 aromatic carbocycles. The molecule has 1 N–H and O–H groups in total. The monoisotopic (exact) mass is 502 g/mol. The number of aryl methyl sites for hydroxylation is 1. The second-order valence-corrected chi connectivity index (χ2v) is 8.57. The van der Waals surface area contributed by atoms with Crippen molar-refractivity contribution < 1.29 is 29.1 Å². The van der Waals surface area contributed by atoms with Gasteiger partial charge in [-0.1, -0.05) is 24.3 Å². The standard InChI is InChI=1S/C28H26N2O7/c1-18-5-3-4-6-21(18)17-37-23-13-9-20(10-14-23)26(31)24-25(19-7-11-22(12-8-19)30(34)35)29(15-16-36-2)28(33)27(24)32/h3-14,25,31H,15-17H2,1-2H3/b26-24+. The van der Waals surface area contributed by atoms with E-state index in [4.69, 9.17) is 9.47 Å². The van der Waals surface area contributed by atoms with Gasteiger partial charge in [-0.15, -0.1) is 0 Å². The predicted molar refractivity (Wildman–Crippen MR) is 136 cm³/mol. The molecule has 1 unspecified atom stereocenters. The smallest absolute Gasteiger partial charge is 0.295 e. The van der Waals surface area contributed by atoms with Crippen LogP contribution in [0.25, 0.3) is 5.76 Å². The summed E-state index contributed by atoms with van der Waals surface area (Å²) in [5.41, 5.74) is 2.73. The zero-order chi connectivity index (χ0) is 26.5. The van der Waals surface area contributed by atoms with Crippen molar-refractivity contribution in [1.29, 1.82) is 0 Å². The number of carbonyl (C=O) groups is 2. The normalized spacial score (nSPS) is 16.7. The largest absolute Gasteiger partial charge is 0.507 e. The predicted octanol–water partition coefficient (Wildman–Crippen LogP) is 4.55. The molecule has 9 heteroatoms. The summed E-state index contributed by atoms with van der Waals surface area (Å²) in [6.07, 6.45) is 0. The highest BCUT2D eigenvalue weighted by atomic mass is 16.6. The van der Waals surface area contributed by atoms with Crippen LogP contribution in [-0.4, -0.2) is 46.9 Å². The highest BCUT2D eigenvalue weighted by Gasteiger charge is 2.45. The first-order valence-electron chi connectivity index (χ1n) is 11.6. The van der Waals surface area contributed by atoms with Gasteiger partial charge >= 0.3 is 0 Å². The van der Waals surface area contributed by atoms with Crippen molar-refractivity contribution in [1.82, 2.24) is 4.90 Å². The Morgan fingerprint density at radius 3 is 2.32 bits per heavy atom. The highest BCUT2D eigenvalue weighted by Crippen LogP contribution is 2.39. The Kier molecular flexibility index (Phi) is 7.64. The third-order valence-electron chi connectivity index (χ3n) is 6.28. The summed E-state index contributed by atoms with van der Waals surface area (Å²) in [5, 5.41) is 22.2. The lowest BCUT2D eigenvalue weighted by Crippen LogP contribution is -2.32. The van der Waals surface area contributed by atoms with E-state index in [-0.39, 0.29) is 30.2 Å². The molecule has 190 valence electrons. The first-order chi connectivity index (χ1) is 17.8. The van der Waals surface area contributed by atoms with Crippen molar-refractivity contribution in [2.24, 2.45) is 0 Å². The van der Waals surface area contributed by atoms with Gasteiger partial charge in [0.25, 0.3) is 17.4 Å². The Morgan fingerprint density at radius 1 is 1.03 bits per heavy atom. The fraction of sp³-hybridized carbons (Fsp3) is 0.214. The number of rotatable bonds is 9. The first-order valence-corrected chi connectivity index (χ1v) is 11.6. The summed E-state index contributed by atoms with van der Waals surface area (Å²) in [4.78, 5) is 37.7. The Labute approximate surface area is 213 Å². The fourth-order valence-electron chi connectivity index (χ4n) is 4.22. The van der Waals surface area contributed by atoms with Gasteiger partial charge < -0.3 is 19.5 Å². The molecule has 0 aromatic heterocycles. The van der Waals surface area contributed by atoms with E-state index in [2.05, 4.69) is 0 Å². The van der Waals surface area contributed by atoms with E-state index < -0.39 is 22.7 Å². The summed E-state index contributed by atoms with van der Waals surface area (Å²) in [6.45, 7) is 2.65. The molecule has 0 bridgehead atoms. The van der Waals surface area contributed by atoms with Gasteiger partial charge in [0.05, 0.1) is 23.1 Å². The van der Waals surface area contributed by atoms with Crippen molar-refractivity contribution >= 4 is 23.1 Å². The minimum Gasteiger partial charge on any atom is -0.507 e. The van der Waals surface area contributed by atoms with Gasteiger partial charge in [-0.05, 0) is 60.0 Å². The number of carbonyl (C=O) groups excluding carboxylic acids is 2. The number of methoxy groups -OCH3 is 1. The van der Waals surface area contributed by atoms with Gasteiger partial charge in [0.15, 0.2) is 0 Å². The molecule has 0 saturated carbocycles. The van der Waals surface area contributed by atoms with E-state index in [1.54, 1.807) is 24.3 Å². The molecule has 1 fully saturated rings. The SMILES string of the molecule is COCCN1C(=O)C(=O)/C(=C(/O)c2ccc(OCc3ccccc3C)cc2)C1c1ccc([N+](=O)[O-])cc1. The number of non-ortho nitro benzene ring substituents is 1. The molecule has 1 heterocycles. The van der Waals surface area contributed by atoms with Gasteiger partial charge in [0.2, 0.25) is 0 Å². The number of Topliss-reactive ketones (excluding diaryl/α,β-unsaturated/α-hetero) is 1. The van der Waals surface area contributed by atoms with Crippen LogP contribution in [0.2, 0.25) is 0 Å². The molecule has 1 aliphatic heterocycles. The van der Waals surface area contributed by atoms with E-state index >= 15 is 0 Å².